The SMILES string of the molecule is COC(=O)[C@@H](Cc1cccc(I)c1)NC(=O)C1c2ccccc2-c2ccccc21. The van der Waals surface area contributed by atoms with Crippen molar-refractivity contribution in [2.45, 2.75) is 18.4 Å². The first-order valence-electron chi connectivity index (χ1n) is 9.39. The molecule has 1 aliphatic rings. The number of halogens is 1. The molecule has 0 saturated carbocycles. The Morgan fingerprint density at radius 1 is 0.966 bits per heavy atom. The van der Waals surface area contributed by atoms with Crippen molar-refractivity contribution in [1.82, 2.24) is 5.32 Å². The molecule has 1 amide bonds. The summed E-state index contributed by atoms with van der Waals surface area (Å²) in [5.74, 6) is -1.08. The summed E-state index contributed by atoms with van der Waals surface area (Å²) in [6.45, 7) is 0. The maximum Gasteiger partial charge on any atom is 0.328 e. The first-order valence-corrected chi connectivity index (χ1v) is 10.5. The maximum absolute atomic E-state index is 13.3. The third kappa shape index (κ3) is 3.92. The van der Waals surface area contributed by atoms with Crippen LogP contribution in [0.15, 0.2) is 72.8 Å². The lowest BCUT2D eigenvalue weighted by Crippen LogP contribution is -2.45. The van der Waals surface area contributed by atoms with Crippen molar-refractivity contribution in [1.29, 1.82) is 0 Å². The lowest BCUT2D eigenvalue weighted by atomic mass is 9.95. The van der Waals surface area contributed by atoms with E-state index < -0.39 is 17.9 Å². The number of ether oxygens (including phenoxy) is 1. The average Bonchev–Trinajstić information content (AvgIpc) is 3.07. The van der Waals surface area contributed by atoms with Crippen LogP contribution in [0.1, 0.15) is 22.6 Å². The van der Waals surface area contributed by atoms with E-state index in [1.807, 2.05) is 72.8 Å². The molecule has 1 atom stereocenters. The van der Waals surface area contributed by atoms with Gasteiger partial charge in [0.1, 0.15) is 6.04 Å². The van der Waals surface area contributed by atoms with Crippen LogP contribution in [0.3, 0.4) is 0 Å². The largest absolute Gasteiger partial charge is 0.467 e. The number of fused-ring (bicyclic) bond motifs is 3. The van der Waals surface area contributed by atoms with E-state index in [4.69, 9.17) is 4.74 Å². The molecule has 0 spiro atoms. The van der Waals surface area contributed by atoms with Gasteiger partial charge >= 0.3 is 5.97 Å². The number of amides is 1. The van der Waals surface area contributed by atoms with Crippen molar-refractivity contribution in [2.75, 3.05) is 7.11 Å². The molecule has 1 N–H and O–H groups in total. The summed E-state index contributed by atoms with van der Waals surface area (Å²) >= 11 is 2.23. The molecule has 0 radical (unpaired) electrons. The van der Waals surface area contributed by atoms with Gasteiger partial charge in [-0.2, -0.15) is 0 Å². The molecule has 0 aromatic heterocycles. The molecule has 0 unspecified atom stereocenters. The summed E-state index contributed by atoms with van der Waals surface area (Å²) in [4.78, 5) is 25.7. The number of rotatable bonds is 5. The summed E-state index contributed by atoms with van der Waals surface area (Å²) in [7, 11) is 1.34. The van der Waals surface area contributed by atoms with Crippen LogP contribution in [0, 0.1) is 3.57 Å². The van der Waals surface area contributed by atoms with Crippen molar-refractivity contribution in [3.05, 3.63) is 93.1 Å². The minimum Gasteiger partial charge on any atom is -0.467 e. The molecule has 5 heteroatoms. The van der Waals surface area contributed by atoms with Gasteiger partial charge in [0.25, 0.3) is 0 Å². The molecule has 4 rings (SSSR count). The lowest BCUT2D eigenvalue weighted by Gasteiger charge is -2.20. The van der Waals surface area contributed by atoms with Crippen LogP contribution in [0.25, 0.3) is 11.1 Å². The van der Waals surface area contributed by atoms with Crippen LogP contribution < -0.4 is 5.32 Å². The molecular weight excluding hydrogens is 477 g/mol. The Bertz CT molecular complexity index is 1030. The van der Waals surface area contributed by atoms with Gasteiger partial charge < -0.3 is 10.1 Å². The molecule has 3 aromatic carbocycles. The van der Waals surface area contributed by atoms with E-state index in [9.17, 15) is 9.59 Å². The Balaban J connectivity index is 1.63. The van der Waals surface area contributed by atoms with Crippen LogP contribution in [-0.4, -0.2) is 25.0 Å². The van der Waals surface area contributed by atoms with Crippen LogP contribution in [0.2, 0.25) is 0 Å². The molecule has 0 aliphatic heterocycles. The van der Waals surface area contributed by atoms with Gasteiger partial charge in [-0.1, -0.05) is 60.7 Å². The Labute approximate surface area is 183 Å². The van der Waals surface area contributed by atoms with Gasteiger partial charge in [-0.05, 0) is 62.5 Å². The molecule has 4 nitrogen and oxygen atoms in total. The second-order valence-corrected chi connectivity index (χ2v) is 8.27. The third-order valence-electron chi connectivity index (χ3n) is 5.23. The number of hydrogen-bond acceptors (Lipinski definition) is 3. The van der Waals surface area contributed by atoms with Crippen LogP contribution in [0.5, 0.6) is 0 Å². The van der Waals surface area contributed by atoms with Gasteiger partial charge in [-0.25, -0.2) is 4.79 Å². The normalized spacial score (nSPS) is 13.3. The summed E-state index contributed by atoms with van der Waals surface area (Å²) < 4.78 is 6.04. The van der Waals surface area contributed by atoms with Gasteiger partial charge in [-0.15, -0.1) is 0 Å². The Morgan fingerprint density at radius 3 is 2.17 bits per heavy atom. The predicted molar refractivity (Wildman–Crippen MR) is 121 cm³/mol. The quantitative estimate of drug-likeness (QED) is 0.423. The van der Waals surface area contributed by atoms with Crippen molar-refractivity contribution < 1.29 is 14.3 Å². The van der Waals surface area contributed by atoms with E-state index in [1.54, 1.807) is 0 Å². The van der Waals surface area contributed by atoms with Crippen molar-refractivity contribution in [2.24, 2.45) is 0 Å². The Morgan fingerprint density at radius 2 is 1.59 bits per heavy atom. The summed E-state index contributed by atoms with van der Waals surface area (Å²) in [6, 6.07) is 23.0. The highest BCUT2D eigenvalue weighted by atomic mass is 127. The highest BCUT2D eigenvalue weighted by Gasteiger charge is 2.35. The molecule has 0 fully saturated rings. The average molecular weight is 497 g/mol. The minimum atomic E-state index is -0.745. The van der Waals surface area contributed by atoms with Crippen LogP contribution >= 0.6 is 22.6 Å². The number of hydrogen-bond donors (Lipinski definition) is 1. The molecular formula is C24H20INO3. The standard InChI is InChI=1S/C24H20INO3/c1-29-24(28)21(14-15-7-6-8-16(25)13-15)26-23(27)22-19-11-4-2-9-17(19)18-10-3-5-12-20(18)22/h2-13,21-22H,14H2,1H3,(H,26,27)/t21-/m1/s1. The van der Waals surface area contributed by atoms with Crippen LogP contribution in [0.4, 0.5) is 0 Å². The Hall–Kier alpha value is -2.67. The minimum absolute atomic E-state index is 0.191. The van der Waals surface area contributed by atoms with E-state index in [2.05, 4.69) is 27.9 Å². The molecule has 29 heavy (non-hydrogen) atoms. The molecule has 0 bridgehead atoms. The monoisotopic (exact) mass is 497 g/mol. The van der Waals surface area contributed by atoms with Crippen LogP contribution in [-0.2, 0) is 20.7 Å². The van der Waals surface area contributed by atoms with Gasteiger partial charge in [0.05, 0.1) is 13.0 Å². The molecule has 146 valence electrons. The summed E-state index contributed by atoms with van der Waals surface area (Å²) in [5.41, 5.74) is 5.03. The summed E-state index contributed by atoms with van der Waals surface area (Å²) in [6.07, 6.45) is 0.380. The van der Waals surface area contributed by atoms with Crippen molar-refractivity contribution >= 4 is 34.5 Å². The zero-order chi connectivity index (χ0) is 20.4. The topological polar surface area (TPSA) is 55.4 Å². The summed E-state index contributed by atoms with van der Waals surface area (Å²) in [5, 5.41) is 2.94. The number of nitrogens with one attached hydrogen (secondary N) is 1. The molecule has 0 heterocycles. The predicted octanol–water partition coefficient (Wildman–Crippen LogP) is 4.30. The first-order chi connectivity index (χ1) is 14.1. The fraction of sp³-hybridized carbons (Fsp3) is 0.167. The lowest BCUT2D eigenvalue weighted by molar-refractivity contribution is -0.145. The van der Waals surface area contributed by atoms with E-state index in [0.29, 0.717) is 6.42 Å². The fourth-order valence-electron chi connectivity index (χ4n) is 3.93. The van der Waals surface area contributed by atoms with Crippen molar-refractivity contribution in [3.63, 3.8) is 0 Å². The third-order valence-corrected chi connectivity index (χ3v) is 5.90. The highest BCUT2D eigenvalue weighted by Crippen LogP contribution is 2.44. The smallest absolute Gasteiger partial charge is 0.328 e. The number of carbonyl (C=O) groups is 2. The molecule has 0 saturated heterocycles. The van der Waals surface area contributed by atoms with Gasteiger partial charge in [-0.3, -0.25) is 4.79 Å². The van der Waals surface area contributed by atoms with E-state index >= 15 is 0 Å². The number of carbonyl (C=O) groups excluding carboxylic acids is 2. The number of methoxy groups -OCH3 is 1. The van der Waals surface area contributed by atoms with Gasteiger partial charge in [0.15, 0.2) is 0 Å². The number of benzene rings is 3. The van der Waals surface area contributed by atoms with E-state index in [0.717, 1.165) is 31.4 Å². The van der Waals surface area contributed by atoms with Crippen molar-refractivity contribution in [3.8, 4) is 11.1 Å². The zero-order valence-corrected chi connectivity index (χ0v) is 18.1. The molecule has 1 aliphatic carbocycles. The van der Waals surface area contributed by atoms with Gasteiger partial charge in [0.2, 0.25) is 5.91 Å². The van der Waals surface area contributed by atoms with E-state index in [-0.39, 0.29) is 5.91 Å². The molecule has 3 aromatic rings. The first kappa shape index (κ1) is 19.6. The second-order valence-electron chi connectivity index (χ2n) is 7.03. The highest BCUT2D eigenvalue weighted by molar-refractivity contribution is 14.1. The fourth-order valence-corrected chi connectivity index (χ4v) is 4.54. The maximum atomic E-state index is 13.3. The van der Waals surface area contributed by atoms with E-state index in [1.165, 1.54) is 7.11 Å². The zero-order valence-electron chi connectivity index (χ0n) is 15.9. The van der Waals surface area contributed by atoms with Gasteiger partial charge in [0, 0.05) is 9.99 Å². The number of esters is 1. The Kier molecular flexibility index (Phi) is 5.67. The second kappa shape index (κ2) is 8.37.